The van der Waals surface area contributed by atoms with Crippen molar-refractivity contribution >= 4 is 11.9 Å². The Labute approximate surface area is 149 Å². The van der Waals surface area contributed by atoms with Gasteiger partial charge in [0.2, 0.25) is 0 Å². The van der Waals surface area contributed by atoms with Crippen LogP contribution >= 0.6 is 0 Å². The van der Waals surface area contributed by atoms with Crippen LogP contribution in [0.5, 0.6) is 0 Å². The Hall–Kier alpha value is -2.96. The zero-order valence-corrected chi connectivity index (χ0v) is 14.3. The number of nitrogens with zero attached hydrogens (tertiary/aromatic N) is 5. The molecule has 1 aromatic carbocycles. The molecule has 2 aromatic heterocycles. The molecule has 3 aromatic rings. The van der Waals surface area contributed by atoms with Crippen LogP contribution < -0.4 is 4.90 Å². The molecular weight excluding hydrogens is 336 g/mol. The summed E-state index contributed by atoms with van der Waals surface area (Å²) < 4.78 is 32.9. The van der Waals surface area contributed by atoms with Crippen LogP contribution in [-0.4, -0.2) is 19.1 Å². The van der Waals surface area contributed by atoms with E-state index in [1.807, 2.05) is 27.9 Å². The molecule has 0 bridgehead atoms. The van der Waals surface area contributed by atoms with E-state index >= 15 is 0 Å². The fourth-order valence-electron chi connectivity index (χ4n) is 3.71. The van der Waals surface area contributed by atoms with E-state index in [0.717, 1.165) is 36.9 Å². The Kier molecular flexibility index (Phi) is 3.25. The minimum absolute atomic E-state index is 0.204. The average Bonchev–Trinajstić information content (AvgIpc) is 3.32. The van der Waals surface area contributed by atoms with Gasteiger partial charge in [-0.15, -0.1) is 0 Å². The first-order valence-corrected chi connectivity index (χ1v) is 8.63. The molecule has 0 saturated heterocycles. The van der Waals surface area contributed by atoms with E-state index in [9.17, 15) is 8.78 Å². The molecule has 5 nitrogen and oxygen atoms in total. The highest BCUT2D eigenvalue weighted by atomic mass is 19.1. The van der Waals surface area contributed by atoms with Gasteiger partial charge in [0.15, 0.2) is 0 Å². The van der Waals surface area contributed by atoms with Gasteiger partial charge in [0.25, 0.3) is 0 Å². The first-order chi connectivity index (χ1) is 12.6. The number of fused-ring (bicyclic) bond motifs is 2. The van der Waals surface area contributed by atoms with Crippen molar-refractivity contribution in [2.45, 2.75) is 33.0 Å². The molecule has 26 heavy (non-hydrogen) atoms. The summed E-state index contributed by atoms with van der Waals surface area (Å²) in [6.07, 6.45) is 9.34. The summed E-state index contributed by atoms with van der Waals surface area (Å²) in [6.45, 7) is 2.94. The molecule has 0 aliphatic carbocycles. The van der Waals surface area contributed by atoms with Crippen LogP contribution in [-0.2, 0) is 19.6 Å². The Morgan fingerprint density at radius 2 is 2.04 bits per heavy atom. The van der Waals surface area contributed by atoms with Gasteiger partial charge >= 0.3 is 0 Å². The quantitative estimate of drug-likeness (QED) is 0.705. The van der Waals surface area contributed by atoms with Crippen LogP contribution in [0.1, 0.15) is 23.6 Å². The SMILES string of the molecule is Cc1cc(F)c(-c2nc3n(c2N2C=Cc4nccn4C2)CCC3)cc1F. The Bertz CT molecular complexity index is 1050. The van der Waals surface area contributed by atoms with Gasteiger partial charge in [-0.05, 0) is 37.1 Å². The second-order valence-corrected chi connectivity index (χ2v) is 6.72. The van der Waals surface area contributed by atoms with Gasteiger partial charge in [-0.3, -0.25) is 0 Å². The fourth-order valence-corrected chi connectivity index (χ4v) is 3.71. The zero-order valence-electron chi connectivity index (χ0n) is 14.3. The van der Waals surface area contributed by atoms with E-state index < -0.39 is 11.6 Å². The number of hydrogen-bond acceptors (Lipinski definition) is 3. The largest absolute Gasteiger partial charge is 0.314 e. The number of aryl methyl sites for hydroxylation is 2. The molecule has 0 radical (unpaired) electrons. The van der Waals surface area contributed by atoms with Crippen molar-refractivity contribution in [1.82, 2.24) is 19.1 Å². The standard InChI is InChI=1S/C19H17F2N5/c1-12-9-15(21)13(10-14(12)20)18-19(26-6-2-3-17(26)23-18)25-7-4-16-22-5-8-24(16)11-25/h4-5,7-10H,2-3,6,11H2,1H3. The lowest BCUT2D eigenvalue weighted by Gasteiger charge is -2.26. The molecule has 2 aliphatic rings. The summed E-state index contributed by atoms with van der Waals surface area (Å²) in [6, 6.07) is 2.49. The lowest BCUT2D eigenvalue weighted by atomic mass is 10.1. The van der Waals surface area contributed by atoms with Gasteiger partial charge in [0.05, 0.1) is 0 Å². The summed E-state index contributed by atoms with van der Waals surface area (Å²) in [5.74, 6) is 1.71. The van der Waals surface area contributed by atoms with Crippen LogP contribution in [0.3, 0.4) is 0 Å². The number of aromatic nitrogens is 4. The molecule has 2 aliphatic heterocycles. The molecule has 4 heterocycles. The molecule has 0 spiro atoms. The average molecular weight is 353 g/mol. The Morgan fingerprint density at radius 3 is 2.92 bits per heavy atom. The summed E-state index contributed by atoms with van der Waals surface area (Å²) in [7, 11) is 0. The van der Waals surface area contributed by atoms with Gasteiger partial charge in [-0.2, -0.15) is 0 Å². The van der Waals surface area contributed by atoms with Crippen molar-refractivity contribution in [1.29, 1.82) is 0 Å². The maximum atomic E-state index is 14.6. The maximum absolute atomic E-state index is 14.6. The first-order valence-electron chi connectivity index (χ1n) is 8.63. The predicted octanol–water partition coefficient (Wildman–Crippen LogP) is 3.73. The normalized spacial score (nSPS) is 15.4. The molecule has 0 saturated carbocycles. The Morgan fingerprint density at radius 1 is 1.15 bits per heavy atom. The lowest BCUT2D eigenvalue weighted by molar-refractivity contribution is 0.594. The zero-order chi connectivity index (χ0) is 17.8. The number of rotatable bonds is 2. The molecule has 0 atom stereocenters. The van der Waals surface area contributed by atoms with Crippen LogP contribution in [0, 0.1) is 18.6 Å². The van der Waals surface area contributed by atoms with Crippen molar-refractivity contribution in [3.63, 3.8) is 0 Å². The number of imidazole rings is 2. The molecular formula is C19H17F2N5. The smallest absolute Gasteiger partial charge is 0.142 e. The Balaban J connectivity index is 1.68. The predicted molar refractivity (Wildman–Crippen MR) is 94.4 cm³/mol. The third-order valence-corrected chi connectivity index (χ3v) is 5.03. The topological polar surface area (TPSA) is 38.9 Å². The molecule has 132 valence electrons. The van der Waals surface area contributed by atoms with Crippen LogP contribution in [0.2, 0.25) is 0 Å². The van der Waals surface area contributed by atoms with E-state index in [1.165, 1.54) is 12.1 Å². The number of hydrogen-bond donors (Lipinski definition) is 0. The van der Waals surface area contributed by atoms with Gasteiger partial charge < -0.3 is 14.0 Å². The monoisotopic (exact) mass is 353 g/mol. The molecule has 7 heteroatoms. The minimum Gasteiger partial charge on any atom is -0.314 e. The molecule has 0 fully saturated rings. The maximum Gasteiger partial charge on any atom is 0.142 e. The van der Waals surface area contributed by atoms with Gasteiger partial charge in [-0.1, -0.05) is 0 Å². The van der Waals surface area contributed by atoms with Gasteiger partial charge in [0.1, 0.15) is 41.5 Å². The second-order valence-electron chi connectivity index (χ2n) is 6.72. The molecule has 5 rings (SSSR count). The van der Waals surface area contributed by atoms with E-state index in [-0.39, 0.29) is 5.56 Å². The van der Waals surface area contributed by atoms with Gasteiger partial charge in [-0.25, -0.2) is 18.7 Å². The minimum atomic E-state index is -0.453. The van der Waals surface area contributed by atoms with Crippen LogP contribution in [0.15, 0.2) is 30.7 Å². The fraction of sp³-hybridized carbons (Fsp3) is 0.263. The molecule has 0 amide bonds. The van der Waals surface area contributed by atoms with Crippen molar-refractivity contribution in [2.24, 2.45) is 0 Å². The van der Waals surface area contributed by atoms with Crippen LogP contribution in [0.4, 0.5) is 14.6 Å². The van der Waals surface area contributed by atoms with E-state index in [0.29, 0.717) is 17.9 Å². The van der Waals surface area contributed by atoms with Crippen LogP contribution in [0.25, 0.3) is 17.3 Å². The highest BCUT2D eigenvalue weighted by Crippen LogP contribution is 2.38. The lowest BCUT2D eigenvalue weighted by Crippen LogP contribution is -2.26. The third kappa shape index (κ3) is 2.20. The third-order valence-electron chi connectivity index (χ3n) is 5.03. The second kappa shape index (κ2) is 5.52. The van der Waals surface area contributed by atoms with E-state index in [2.05, 4.69) is 14.5 Å². The van der Waals surface area contributed by atoms with E-state index in [4.69, 9.17) is 0 Å². The summed E-state index contributed by atoms with van der Waals surface area (Å²) >= 11 is 0. The van der Waals surface area contributed by atoms with E-state index in [1.54, 1.807) is 13.1 Å². The first kappa shape index (κ1) is 15.3. The number of anilines is 1. The van der Waals surface area contributed by atoms with Gasteiger partial charge in [0, 0.05) is 37.1 Å². The van der Waals surface area contributed by atoms with Crippen molar-refractivity contribution in [3.8, 4) is 11.3 Å². The van der Waals surface area contributed by atoms with Crippen molar-refractivity contribution in [3.05, 3.63) is 59.6 Å². The highest BCUT2D eigenvalue weighted by molar-refractivity contribution is 5.76. The summed E-state index contributed by atoms with van der Waals surface area (Å²) in [5, 5.41) is 0. The number of benzene rings is 1. The number of halogens is 2. The summed E-state index contributed by atoms with van der Waals surface area (Å²) in [5.41, 5.74) is 0.986. The van der Waals surface area contributed by atoms with Crippen molar-refractivity contribution in [2.75, 3.05) is 4.90 Å². The molecule has 0 N–H and O–H groups in total. The summed E-state index contributed by atoms with van der Waals surface area (Å²) in [4.78, 5) is 11.0. The van der Waals surface area contributed by atoms with Crippen molar-refractivity contribution < 1.29 is 8.78 Å². The highest BCUT2D eigenvalue weighted by Gasteiger charge is 2.28. The molecule has 0 unspecified atom stereocenters.